The molecule has 0 aliphatic rings. The first-order valence-corrected chi connectivity index (χ1v) is 4.82. The van der Waals surface area contributed by atoms with E-state index in [4.69, 9.17) is 27.2 Å². The summed E-state index contributed by atoms with van der Waals surface area (Å²) in [7, 11) is 0. The zero-order valence-corrected chi connectivity index (χ0v) is 8.87. The average molecular weight is 233 g/mol. The Morgan fingerprint density at radius 1 is 1.53 bits per heavy atom. The monoisotopic (exact) mass is 232 g/mol. The molecule has 1 heterocycles. The maximum absolute atomic E-state index is 8.46. The van der Waals surface area contributed by atoms with Gasteiger partial charge in [-0.3, -0.25) is 0 Å². The van der Waals surface area contributed by atoms with E-state index >= 15 is 0 Å². The molecule has 0 atom stereocenters. The highest BCUT2D eigenvalue weighted by molar-refractivity contribution is 6.28. The normalized spacial score (nSPS) is 10.3. The van der Waals surface area contributed by atoms with Gasteiger partial charge in [-0.2, -0.15) is 4.98 Å². The number of halogens is 1. The summed E-state index contributed by atoms with van der Waals surface area (Å²) in [5.74, 6) is 0.489. The van der Waals surface area contributed by atoms with E-state index in [0.717, 1.165) is 0 Å². The van der Waals surface area contributed by atoms with Crippen molar-refractivity contribution in [3.63, 3.8) is 0 Å². The quantitative estimate of drug-likeness (QED) is 0.477. The van der Waals surface area contributed by atoms with E-state index in [2.05, 4.69) is 15.3 Å². The molecule has 0 saturated carbocycles. The van der Waals surface area contributed by atoms with Crippen LogP contribution in [0.4, 0.5) is 11.5 Å². The molecular weight excluding hydrogens is 220 g/mol. The van der Waals surface area contributed by atoms with Crippen LogP contribution >= 0.6 is 11.6 Å². The predicted octanol–water partition coefficient (Wildman–Crippen LogP) is 0.133. The minimum atomic E-state index is 0.0154. The third-order valence-corrected chi connectivity index (χ3v) is 1.74. The van der Waals surface area contributed by atoms with Gasteiger partial charge in [-0.15, -0.1) is 0 Å². The minimum Gasteiger partial charge on any atom is -0.394 e. The summed E-state index contributed by atoms with van der Waals surface area (Å²) in [6.45, 7) is 1.34. The number of aromatic nitrogens is 2. The van der Waals surface area contributed by atoms with Gasteiger partial charge in [-0.05, 0) is 11.6 Å². The molecule has 84 valence electrons. The Morgan fingerprint density at radius 2 is 2.33 bits per heavy atom. The van der Waals surface area contributed by atoms with Crippen molar-refractivity contribution in [1.29, 1.82) is 0 Å². The van der Waals surface area contributed by atoms with Gasteiger partial charge < -0.3 is 20.9 Å². The summed E-state index contributed by atoms with van der Waals surface area (Å²) in [5.41, 5.74) is 6.04. The SMILES string of the molecule is Nc1cnc(Cl)nc1NCCOCCO. The molecule has 0 amide bonds. The van der Waals surface area contributed by atoms with Crippen LogP contribution < -0.4 is 11.1 Å². The van der Waals surface area contributed by atoms with Crippen molar-refractivity contribution in [3.05, 3.63) is 11.5 Å². The van der Waals surface area contributed by atoms with Crippen LogP contribution in [0.15, 0.2) is 6.20 Å². The van der Waals surface area contributed by atoms with Gasteiger partial charge in [0.25, 0.3) is 0 Å². The van der Waals surface area contributed by atoms with E-state index in [1.807, 2.05) is 0 Å². The van der Waals surface area contributed by atoms with E-state index in [1.54, 1.807) is 0 Å². The number of hydrogen-bond acceptors (Lipinski definition) is 6. The van der Waals surface area contributed by atoms with Gasteiger partial charge in [-0.1, -0.05) is 0 Å². The summed E-state index contributed by atoms with van der Waals surface area (Å²) in [6.07, 6.45) is 1.44. The van der Waals surface area contributed by atoms with Crippen molar-refractivity contribution >= 4 is 23.1 Å². The molecule has 15 heavy (non-hydrogen) atoms. The lowest BCUT2D eigenvalue weighted by atomic mass is 10.5. The first-order valence-electron chi connectivity index (χ1n) is 4.44. The number of aliphatic hydroxyl groups excluding tert-OH is 1. The molecule has 0 unspecified atom stereocenters. The number of hydrogen-bond donors (Lipinski definition) is 3. The molecule has 0 radical (unpaired) electrons. The van der Waals surface area contributed by atoms with Crippen LogP contribution in [0.5, 0.6) is 0 Å². The highest BCUT2D eigenvalue weighted by Crippen LogP contribution is 2.14. The van der Waals surface area contributed by atoms with E-state index in [9.17, 15) is 0 Å². The molecule has 1 rings (SSSR count). The first kappa shape index (κ1) is 12.0. The number of ether oxygens (including phenoxy) is 1. The maximum atomic E-state index is 8.46. The second-order valence-corrected chi connectivity index (χ2v) is 3.04. The van der Waals surface area contributed by atoms with Crippen LogP contribution in [0, 0.1) is 0 Å². The van der Waals surface area contributed by atoms with Gasteiger partial charge in [0.2, 0.25) is 5.28 Å². The number of nitrogens with two attached hydrogens (primary N) is 1. The van der Waals surface area contributed by atoms with Gasteiger partial charge >= 0.3 is 0 Å². The summed E-state index contributed by atoms with van der Waals surface area (Å²) >= 11 is 5.60. The van der Waals surface area contributed by atoms with E-state index in [0.29, 0.717) is 31.3 Å². The number of nitrogen functional groups attached to an aromatic ring is 1. The van der Waals surface area contributed by atoms with Crippen molar-refractivity contribution < 1.29 is 9.84 Å². The highest BCUT2D eigenvalue weighted by Gasteiger charge is 2.01. The van der Waals surface area contributed by atoms with Gasteiger partial charge in [0.1, 0.15) is 0 Å². The van der Waals surface area contributed by atoms with Gasteiger partial charge in [0.15, 0.2) is 5.82 Å². The zero-order valence-electron chi connectivity index (χ0n) is 8.11. The fraction of sp³-hybridized carbons (Fsp3) is 0.500. The largest absolute Gasteiger partial charge is 0.394 e. The standard InChI is InChI=1S/C8H13ClN4O2/c9-8-12-5-6(10)7(13-8)11-1-3-15-4-2-14/h5,14H,1-4,10H2,(H,11,12,13). The molecule has 0 saturated heterocycles. The molecule has 1 aromatic rings. The summed E-state index contributed by atoms with van der Waals surface area (Å²) < 4.78 is 5.04. The van der Waals surface area contributed by atoms with Crippen molar-refractivity contribution in [2.45, 2.75) is 0 Å². The lowest BCUT2D eigenvalue weighted by molar-refractivity contribution is 0.0992. The molecule has 0 aliphatic carbocycles. The molecule has 0 fully saturated rings. The highest BCUT2D eigenvalue weighted by atomic mass is 35.5. The topological polar surface area (TPSA) is 93.3 Å². The van der Waals surface area contributed by atoms with Gasteiger partial charge in [0.05, 0.1) is 31.7 Å². The van der Waals surface area contributed by atoms with E-state index in [1.165, 1.54) is 6.20 Å². The van der Waals surface area contributed by atoms with Crippen LogP contribution in [0.25, 0.3) is 0 Å². The lowest BCUT2D eigenvalue weighted by Crippen LogP contribution is -2.13. The van der Waals surface area contributed by atoms with Crippen LogP contribution in [-0.4, -0.2) is 41.4 Å². The Bertz CT molecular complexity index is 311. The maximum Gasteiger partial charge on any atom is 0.224 e. The number of aliphatic hydroxyl groups is 1. The molecule has 1 aromatic heterocycles. The summed E-state index contributed by atoms with van der Waals surface area (Å²) in [4.78, 5) is 7.63. The van der Waals surface area contributed by atoms with Crippen LogP contribution in [0.3, 0.4) is 0 Å². The van der Waals surface area contributed by atoms with E-state index < -0.39 is 0 Å². The Kier molecular flexibility index (Phi) is 5.09. The molecule has 7 heteroatoms. The van der Waals surface area contributed by atoms with Crippen molar-refractivity contribution in [3.8, 4) is 0 Å². The smallest absolute Gasteiger partial charge is 0.224 e. The first-order chi connectivity index (χ1) is 7.24. The van der Waals surface area contributed by atoms with Crippen LogP contribution in [-0.2, 0) is 4.74 Å². The van der Waals surface area contributed by atoms with Gasteiger partial charge in [0, 0.05) is 6.54 Å². The molecule has 6 nitrogen and oxygen atoms in total. The van der Waals surface area contributed by atoms with Crippen LogP contribution in [0.1, 0.15) is 0 Å². The van der Waals surface area contributed by atoms with Gasteiger partial charge in [-0.25, -0.2) is 4.98 Å². The van der Waals surface area contributed by atoms with Crippen molar-refractivity contribution in [2.75, 3.05) is 37.4 Å². The molecule has 0 spiro atoms. The number of rotatable bonds is 6. The summed E-state index contributed by atoms with van der Waals surface area (Å²) in [5, 5.41) is 11.5. The molecule has 4 N–H and O–H groups in total. The molecule has 0 aromatic carbocycles. The lowest BCUT2D eigenvalue weighted by Gasteiger charge is -2.07. The number of nitrogens with one attached hydrogen (secondary N) is 1. The fourth-order valence-corrected chi connectivity index (χ4v) is 1.05. The Morgan fingerprint density at radius 3 is 3.07 bits per heavy atom. The Balaban J connectivity index is 2.33. The Hall–Kier alpha value is -1.11. The molecule has 0 aliphatic heterocycles. The summed E-state index contributed by atoms with van der Waals surface area (Å²) in [6, 6.07) is 0. The van der Waals surface area contributed by atoms with Crippen molar-refractivity contribution in [1.82, 2.24) is 9.97 Å². The number of anilines is 2. The Labute approximate surface area is 92.4 Å². The predicted molar refractivity (Wildman–Crippen MR) is 57.8 cm³/mol. The third kappa shape index (κ3) is 4.28. The minimum absolute atomic E-state index is 0.0154. The second kappa shape index (κ2) is 6.39. The second-order valence-electron chi connectivity index (χ2n) is 2.71. The van der Waals surface area contributed by atoms with Crippen molar-refractivity contribution in [2.24, 2.45) is 0 Å². The van der Waals surface area contributed by atoms with E-state index in [-0.39, 0.29) is 11.9 Å². The van der Waals surface area contributed by atoms with Crippen LogP contribution in [0.2, 0.25) is 5.28 Å². The molecule has 0 bridgehead atoms. The molecular formula is C8H13ClN4O2. The fourth-order valence-electron chi connectivity index (χ4n) is 0.919. The average Bonchev–Trinajstić information content (AvgIpc) is 2.23. The zero-order chi connectivity index (χ0) is 11.1. The number of nitrogens with zero attached hydrogens (tertiary/aromatic N) is 2. The third-order valence-electron chi connectivity index (χ3n) is 1.56.